The van der Waals surface area contributed by atoms with Crippen LogP contribution in [0.25, 0.3) is 16.2 Å². The summed E-state index contributed by atoms with van der Waals surface area (Å²) >= 11 is 1.44. The molecule has 1 amide bonds. The zero-order valence-corrected chi connectivity index (χ0v) is 17.3. The van der Waals surface area contributed by atoms with Gasteiger partial charge in [-0.1, -0.05) is 11.3 Å². The largest absolute Gasteiger partial charge is 0.346 e. The first-order valence-corrected chi connectivity index (χ1v) is 11.4. The van der Waals surface area contributed by atoms with Gasteiger partial charge in [0, 0.05) is 23.0 Å². The van der Waals surface area contributed by atoms with E-state index in [-0.39, 0.29) is 17.3 Å². The first-order valence-electron chi connectivity index (χ1n) is 10.5. The van der Waals surface area contributed by atoms with E-state index in [4.69, 9.17) is 0 Å². The van der Waals surface area contributed by atoms with Gasteiger partial charge in [0.25, 0.3) is 5.91 Å². The molecule has 0 unspecified atom stereocenters. The third-order valence-corrected chi connectivity index (χ3v) is 8.48. The number of benzene rings is 1. The fourth-order valence-electron chi connectivity index (χ4n) is 6.48. The summed E-state index contributed by atoms with van der Waals surface area (Å²) in [5.74, 6) is 2.22. The number of aromatic nitrogens is 2. The van der Waals surface area contributed by atoms with Crippen molar-refractivity contribution in [1.82, 2.24) is 14.7 Å². The molecule has 0 saturated heterocycles. The second kappa shape index (κ2) is 6.14. The summed E-state index contributed by atoms with van der Waals surface area (Å²) in [5.41, 5.74) is 2.62. The van der Waals surface area contributed by atoms with Gasteiger partial charge in [0.05, 0.1) is 5.69 Å². The minimum Gasteiger partial charge on any atom is -0.346 e. The minimum absolute atomic E-state index is 0.0175. The fourth-order valence-corrected chi connectivity index (χ4v) is 7.49. The summed E-state index contributed by atoms with van der Waals surface area (Å²) in [7, 11) is 0. The Bertz CT molecular complexity index is 1080. The predicted octanol–water partition coefficient (Wildman–Crippen LogP) is 5.21. The number of carbonyl (C=O) groups excluding carboxylic acids is 1. The Morgan fingerprint density at radius 2 is 1.76 bits per heavy atom. The van der Waals surface area contributed by atoms with Gasteiger partial charge in [-0.15, -0.1) is 0 Å². The lowest BCUT2D eigenvalue weighted by molar-refractivity contribution is -0.0166. The van der Waals surface area contributed by atoms with Gasteiger partial charge >= 0.3 is 0 Å². The molecule has 3 aromatic rings. The minimum atomic E-state index is -0.255. The van der Waals surface area contributed by atoms with E-state index in [1.54, 1.807) is 12.1 Å². The number of imidazole rings is 1. The Labute approximate surface area is 173 Å². The number of fused-ring (bicyclic) bond motifs is 1. The molecule has 0 radical (unpaired) electrons. The summed E-state index contributed by atoms with van der Waals surface area (Å²) in [5, 5.41) is 3.47. The Morgan fingerprint density at radius 3 is 2.34 bits per heavy atom. The second-order valence-corrected chi connectivity index (χ2v) is 10.4. The molecule has 4 aliphatic rings. The molecule has 4 saturated carbocycles. The van der Waals surface area contributed by atoms with Gasteiger partial charge in [0.1, 0.15) is 10.7 Å². The van der Waals surface area contributed by atoms with Gasteiger partial charge in [-0.2, -0.15) is 0 Å². The van der Waals surface area contributed by atoms with Crippen molar-refractivity contribution >= 4 is 22.2 Å². The number of hydrogen-bond acceptors (Lipinski definition) is 3. The first kappa shape index (κ1) is 17.6. The Kier molecular flexibility index (Phi) is 3.74. The number of hydrogen-bond donors (Lipinski definition) is 1. The van der Waals surface area contributed by atoms with Gasteiger partial charge in [0.15, 0.2) is 4.96 Å². The molecule has 0 atom stereocenters. The fraction of sp³-hybridized carbons (Fsp3) is 0.478. The number of nitrogens with zero attached hydrogens (tertiary/aromatic N) is 2. The Balaban J connectivity index is 1.28. The molecule has 1 N–H and O–H groups in total. The van der Waals surface area contributed by atoms with Crippen molar-refractivity contribution in [2.45, 2.75) is 51.0 Å². The molecule has 1 aromatic carbocycles. The summed E-state index contributed by atoms with van der Waals surface area (Å²) in [6, 6.07) is 6.36. The highest BCUT2D eigenvalue weighted by molar-refractivity contribution is 7.19. The lowest BCUT2D eigenvalue weighted by atomic mass is 9.53. The van der Waals surface area contributed by atoms with E-state index in [1.165, 1.54) is 42.7 Å². The monoisotopic (exact) mass is 409 g/mol. The highest BCUT2D eigenvalue weighted by atomic mass is 32.1. The Hall–Kier alpha value is -2.21. The van der Waals surface area contributed by atoms with Gasteiger partial charge in [-0.25, -0.2) is 9.37 Å². The molecule has 4 bridgehead atoms. The molecule has 0 spiro atoms. The van der Waals surface area contributed by atoms with Crippen molar-refractivity contribution in [2.24, 2.45) is 17.8 Å². The van der Waals surface area contributed by atoms with Crippen LogP contribution in [0.3, 0.4) is 0 Å². The number of aryl methyl sites for hydroxylation is 1. The second-order valence-electron chi connectivity index (χ2n) is 9.45. The predicted molar refractivity (Wildman–Crippen MR) is 112 cm³/mol. The van der Waals surface area contributed by atoms with Crippen LogP contribution in [0.15, 0.2) is 30.5 Å². The number of thiazole rings is 1. The van der Waals surface area contributed by atoms with Gasteiger partial charge in [-0.05, 0) is 87.5 Å². The molecule has 4 fully saturated rings. The zero-order valence-electron chi connectivity index (χ0n) is 16.5. The lowest BCUT2D eigenvalue weighted by Crippen LogP contribution is -2.59. The average Bonchev–Trinajstić information content (AvgIpc) is 3.20. The van der Waals surface area contributed by atoms with Crippen LogP contribution in [0.4, 0.5) is 4.39 Å². The van der Waals surface area contributed by atoms with Crippen LogP contribution in [-0.2, 0) is 0 Å². The maximum absolute atomic E-state index is 13.2. The van der Waals surface area contributed by atoms with Gasteiger partial charge in [-0.3, -0.25) is 9.20 Å². The quantitative estimate of drug-likeness (QED) is 0.646. The standard InChI is InChI=1S/C23H24FN3OS/c1-13-20(21(28)26-23-9-14-6-15(10-23)8-16(7-14)11-23)29-22-25-19(12-27(13)22)17-2-4-18(24)5-3-17/h2-5,12,14-16H,6-11H2,1H3,(H,26,28). The van der Waals surface area contributed by atoms with Gasteiger partial charge in [0.2, 0.25) is 0 Å². The van der Waals surface area contributed by atoms with Crippen molar-refractivity contribution in [3.8, 4) is 11.3 Å². The molecule has 0 aliphatic heterocycles. The normalized spacial score (nSPS) is 30.2. The van der Waals surface area contributed by atoms with Crippen LogP contribution < -0.4 is 5.32 Å². The maximum Gasteiger partial charge on any atom is 0.263 e. The molecule has 4 aliphatic carbocycles. The average molecular weight is 410 g/mol. The first-order chi connectivity index (χ1) is 14.0. The van der Waals surface area contributed by atoms with E-state index in [9.17, 15) is 9.18 Å². The number of rotatable bonds is 3. The molecule has 4 nitrogen and oxygen atoms in total. The molecule has 6 heteroatoms. The van der Waals surface area contributed by atoms with Crippen LogP contribution in [0.1, 0.15) is 53.9 Å². The van der Waals surface area contributed by atoms with Crippen molar-refractivity contribution in [3.05, 3.63) is 46.9 Å². The van der Waals surface area contributed by atoms with Crippen molar-refractivity contribution in [2.75, 3.05) is 0 Å². The molecular formula is C23H24FN3OS. The number of nitrogens with one attached hydrogen (secondary N) is 1. The number of halogens is 1. The molecule has 7 rings (SSSR count). The van der Waals surface area contributed by atoms with E-state index in [1.807, 2.05) is 17.5 Å². The Morgan fingerprint density at radius 1 is 1.14 bits per heavy atom. The molecule has 2 heterocycles. The third kappa shape index (κ3) is 2.83. The van der Waals surface area contributed by atoms with Gasteiger partial charge < -0.3 is 5.32 Å². The highest BCUT2D eigenvalue weighted by Crippen LogP contribution is 2.55. The topological polar surface area (TPSA) is 46.4 Å². The third-order valence-electron chi connectivity index (χ3n) is 7.32. The molecule has 150 valence electrons. The smallest absolute Gasteiger partial charge is 0.263 e. The number of carbonyl (C=O) groups is 1. The lowest BCUT2D eigenvalue weighted by Gasteiger charge is -2.56. The van der Waals surface area contributed by atoms with Crippen LogP contribution in [0, 0.1) is 30.5 Å². The molecular weight excluding hydrogens is 385 g/mol. The van der Waals surface area contributed by atoms with Crippen molar-refractivity contribution < 1.29 is 9.18 Å². The summed E-state index contributed by atoms with van der Waals surface area (Å²) in [6.07, 6.45) is 9.51. The van der Waals surface area contributed by atoms with Crippen LogP contribution in [0.5, 0.6) is 0 Å². The van der Waals surface area contributed by atoms with E-state index >= 15 is 0 Å². The zero-order chi connectivity index (χ0) is 19.8. The van der Waals surface area contributed by atoms with E-state index in [0.717, 1.165) is 63.8 Å². The highest BCUT2D eigenvalue weighted by Gasteiger charge is 2.51. The van der Waals surface area contributed by atoms with E-state index < -0.39 is 0 Å². The van der Waals surface area contributed by atoms with Crippen molar-refractivity contribution in [3.63, 3.8) is 0 Å². The van der Waals surface area contributed by atoms with E-state index in [0.29, 0.717) is 0 Å². The van der Waals surface area contributed by atoms with Crippen molar-refractivity contribution in [1.29, 1.82) is 0 Å². The SMILES string of the molecule is Cc1c(C(=O)NC23CC4CC(CC(C4)C2)C3)sc2nc(-c3ccc(F)cc3)cn12. The van der Waals surface area contributed by atoms with Crippen LogP contribution in [-0.4, -0.2) is 20.8 Å². The summed E-state index contributed by atoms with van der Waals surface area (Å²) < 4.78 is 15.2. The summed E-state index contributed by atoms with van der Waals surface area (Å²) in [6.45, 7) is 1.98. The molecule has 29 heavy (non-hydrogen) atoms. The maximum atomic E-state index is 13.2. The van der Waals surface area contributed by atoms with E-state index in [2.05, 4.69) is 10.3 Å². The van der Waals surface area contributed by atoms with Crippen LogP contribution >= 0.6 is 11.3 Å². The number of amides is 1. The van der Waals surface area contributed by atoms with Crippen LogP contribution in [0.2, 0.25) is 0 Å². The summed E-state index contributed by atoms with van der Waals surface area (Å²) in [4.78, 5) is 19.5. The molecule has 2 aromatic heterocycles.